The van der Waals surface area contributed by atoms with E-state index in [1.165, 1.54) is 6.33 Å². The number of carbonyl (C=O) groups excluding carboxylic acids is 1. The van der Waals surface area contributed by atoms with E-state index in [-0.39, 0.29) is 0 Å². The molecule has 10 nitrogen and oxygen atoms in total. The Hall–Kier alpha value is -4.52. The lowest BCUT2D eigenvalue weighted by atomic mass is 10.1. The number of benzene rings is 1. The van der Waals surface area contributed by atoms with E-state index in [9.17, 15) is 4.79 Å². The fourth-order valence-electron chi connectivity index (χ4n) is 3.87. The van der Waals surface area contributed by atoms with Crippen molar-refractivity contribution < 1.29 is 9.53 Å². The molecule has 0 atom stereocenters. The fourth-order valence-corrected chi connectivity index (χ4v) is 3.87. The Morgan fingerprint density at radius 1 is 1.15 bits per heavy atom. The van der Waals surface area contributed by atoms with Gasteiger partial charge in [-0.05, 0) is 39.8 Å². The molecule has 0 saturated carbocycles. The van der Waals surface area contributed by atoms with E-state index in [1.54, 1.807) is 48.3 Å². The summed E-state index contributed by atoms with van der Waals surface area (Å²) in [4.78, 5) is 21.0. The summed E-state index contributed by atoms with van der Waals surface area (Å²) in [7, 11) is 1.86. The number of aryl methyl sites for hydroxylation is 2. The smallest absolute Gasteiger partial charge is 0.341 e. The van der Waals surface area contributed by atoms with Crippen molar-refractivity contribution in [1.29, 1.82) is 5.26 Å². The van der Waals surface area contributed by atoms with Crippen LogP contribution >= 0.6 is 0 Å². The minimum absolute atomic E-state index is 0.290. The molecule has 3 heterocycles. The molecular formula is C24H24N8O2. The predicted octanol–water partition coefficient (Wildman–Crippen LogP) is 3.78. The van der Waals surface area contributed by atoms with Crippen LogP contribution in [-0.2, 0) is 11.8 Å². The molecule has 3 aromatic heterocycles. The van der Waals surface area contributed by atoms with Gasteiger partial charge in [0.2, 0.25) is 0 Å². The standard InChI is InChI=1S/C24H24N8O2/c1-6-34-24(33)21-15(3)29-32(16(21)4)20-11-19(26-13-27-20)28-23-14(2)22(31(5)30-23)18-9-7-17(12-25)8-10-18/h7-11,13H,6H2,1-5H3,(H,26,27,28,30). The minimum Gasteiger partial charge on any atom is -0.462 e. The maximum atomic E-state index is 12.3. The van der Waals surface area contributed by atoms with Gasteiger partial charge in [0.25, 0.3) is 0 Å². The zero-order valence-electron chi connectivity index (χ0n) is 19.6. The Kier molecular flexibility index (Phi) is 6.10. The van der Waals surface area contributed by atoms with Crippen molar-refractivity contribution in [2.75, 3.05) is 11.9 Å². The Labute approximate surface area is 196 Å². The summed E-state index contributed by atoms with van der Waals surface area (Å²) in [5.41, 5.74) is 5.06. The quantitative estimate of drug-likeness (QED) is 0.435. The summed E-state index contributed by atoms with van der Waals surface area (Å²) in [6.07, 6.45) is 1.43. The third kappa shape index (κ3) is 4.11. The lowest BCUT2D eigenvalue weighted by molar-refractivity contribution is 0.0524. The zero-order chi connectivity index (χ0) is 24.4. The molecule has 0 radical (unpaired) electrons. The number of aromatic nitrogens is 6. The molecular weight excluding hydrogens is 432 g/mol. The number of nitrogens with one attached hydrogen (secondary N) is 1. The first kappa shape index (κ1) is 22.7. The monoisotopic (exact) mass is 456 g/mol. The Bertz CT molecular complexity index is 1410. The zero-order valence-corrected chi connectivity index (χ0v) is 19.6. The van der Waals surface area contributed by atoms with Crippen LogP contribution in [0.4, 0.5) is 11.6 Å². The number of hydrogen-bond donors (Lipinski definition) is 1. The van der Waals surface area contributed by atoms with Crippen LogP contribution in [-0.4, -0.2) is 42.1 Å². The second-order valence-electron chi connectivity index (χ2n) is 7.70. The normalized spacial score (nSPS) is 10.7. The number of esters is 1. The van der Waals surface area contributed by atoms with Gasteiger partial charge in [-0.3, -0.25) is 4.68 Å². The number of rotatable bonds is 6. The SMILES string of the molecule is CCOC(=O)c1c(C)nn(-c2cc(Nc3nn(C)c(-c4ccc(C#N)cc4)c3C)ncn2)c1C. The molecule has 0 saturated heterocycles. The minimum atomic E-state index is -0.407. The number of carbonyl (C=O) groups is 1. The van der Waals surface area contributed by atoms with Gasteiger partial charge < -0.3 is 10.1 Å². The van der Waals surface area contributed by atoms with Crippen LogP contribution in [0.25, 0.3) is 17.1 Å². The first-order chi connectivity index (χ1) is 16.3. The van der Waals surface area contributed by atoms with Crippen LogP contribution in [0.15, 0.2) is 36.7 Å². The summed E-state index contributed by atoms with van der Waals surface area (Å²) in [6.45, 7) is 7.59. The average molecular weight is 457 g/mol. The topological polar surface area (TPSA) is 124 Å². The lowest BCUT2D eigenvalue weighted by Gasteiger charge is -2.08. The molecule has 0 amide bonds. The van der Waals surface area contributed by atoms with E-state index in [1.807, 2.05) is 26.1 Å². The second-order valence-corrected chi connectivity index (χ2v) is 7.70. The predicted molar refractivity (Wildman–Crippen MR) is 126 cm³/mol. The van der Waals surface area contributed by atoms with Gasteiger partial charge in [0, 0.05) is 24.2 Å². The van der Waals surface area contributed by atoms with E-state index in [4.69, 9.17) is 10.00 Å². The second kappa shape index (κ2) is 9.15. The highest BCUT2D eigenvalue weighted by Gasteiger charge is 2.21. The molecule has 4 aromatic rings. The fraction of sp³-hybridized carbons (Fsp3) is 0.250. The maximum absolute atomic E-state index is 12.3. The molecule has 0 spiro atoms. The molecule has 1 aromatic carbocycles. The average Bonchev–Trinajstić information content (AvgIpc) is 3.28. The lowest BCUT2D eigenvalue weighted by Crippen LogP contribution is -2.08. The van der Waals surface area contributed by atoms with E-state index in [2.05, 4.69) is 31.6 Å². The largest absolute Gasteiger partial charge is 0.462 e. The van der Waals surface area contributed by atoms with Gasteiger partial charge in [-0.1, -0.05) is 12.1 Å². The van der Waals surface area contributed by atoms with Crippen LogP contribution in [0.3, 0.4) is 0 Å². The molecule has 0 aliphatic heterocycles. The van der Waals surface area contributed by atoms with Gasteiger partial charge in [0.05, 0.1) is 35.3 Å². The van der Waals surface area contributed by atoms with Crippen molar-refractivity contribution in [3.63, 3.8) is 0 Å². The molecule has 172 valence electrons. The summed E-state index contributed by atoms with van der Waals surface area (Å²) in [5.74, 6) is 1.28. The molecule has 0 unspecified atom stereocenters. The highest BCUT2D eigenvalue weighted by Crippen LogP contribution is 2.30. The van der Waals surface area contributed by atoms with Crippen molar-refractivity contribution in [1.82, 2.24) is 29.5 Å². The highest BCUT2D eigenvalue weighted by molar-refractivity contribution is 5.92. The van der Waals surface area contributed by atoms with Crippen LogP contribution in [0.2, 0.25) is 0 Å². The molecule has 0 aliphatic carbocycles. The van der Waals surface area contributed by atoms with Gasteiger partial charge in [-0.2, -0.15) is 15.5 Å². The van der Waals surface area contributed by atoms with Crippen LogP contribution in [0.5, 0.6) is 0 Å². The molecule has 0 fully saturated rings. The van der Waals surface area contributed by atoms with Gasteiger partial charge in [-0.15, -0.1) is 0 Å². The van der Waals surface area contributed by atoms with Crippen molar-refractivity contribution in [3.05, 3.63) is 64.7 Å². The summed E-state index contributed by atoms with van der Waals surface area (Å²) >= 11 is 0. The van der Waals surface area contributed by atoms with E-state index in [0.29, 0.717) is 46.6 Å². The number of anilines is 2. The molecule has 1 N–H and O–H groups in total. The molecule has 0 aliphatic rings. The van der Waals surface area contributed by atoms with Gasteiger partial charge in [0.15, 0.2) is 11.6 Å². The summed E-state index contributed by atoms with van der Waals surface area (Å²) in [6, 6.07) is 11.2. The maximum Gasteiger partial charge on any atom is 0.341 e. The van der Waals surface area contributed by atoms with E-state index >= 15 is 0 Å². The molecule has 10 heteroatoms. The highest BCUT2D eigenvalue weighted by atomic mass is 16.5. The summed E-state index contributed by atoms with van der Waals surface area (Å²) in [5, 5.41) is 21.4. The van der Waals surface area contributed by atoms with Crippen molar-refractivity contribution >= 4 is 17.6 Å². The molecule has 0 bridgehead atoms. The Balaban J connectivity index is 1.65. The summed E-state index contributed by atoms with van der Waals surface area (Å²) < 4.78 is 8.54. The van der Waals surface area contributed by atoms with Crippen LogP contribution in [0, 0.1) is 32.1 Å². The Morgan fingerprint density at radius 2 is 1.88 bits per heavy atom. The van der Waals surface area contributed by atoms with E-state index < -0.39 is 5.97 Å². The van der Waals surface area contributed by atoms with Crippen LogP contribution < -0.4 is 5.32 Å². The van der Waals surface area contributed by atoms with Gasteiger partial charge in [-0.25, -0.2) is 19.4 Å². The van der Waals surface area contributed by atoms with Gasteiger partial charge >= 0.3 is 5.97 Å². The first-order valence-corrected chi connectivity index (χ1v) is 10.7. The van der Waals surface area contributed by atoms with Gasteiger partial charge in [0.1, 0.15) is 17.7 Å². The number of nitrogens with zero attached hydrogens (tertiary/aromatic N) is 7. The third-order valence-electron chi connectivity index (χ3n) is 5.46. The number of nitriles is 1. The number of ether oxygens (including phenoxy) is 1. The Morgan fingerprint density at radius 3 is 2.56 bits per heavy atom. The van der Waals surface area contributed by atoms with Crippen molar-refractivity contribution in [2.24, 2.45) is 7.05 Å². The molecule has 34 heavy (non-hydrogen) atoms. The molecule has 4 rings (SSSR count). The van der Waals surface area contributed by atoms with Crippen molar-refractivity contribution in [3.8, 4) is 23.1 Å². The van der Waals surface area contributed by atoms with Crippen LogP contribution in [0.1, 0.15) is 39.8 Å². The van der Waals surface area contributed by atoms with Crippen molar-refractivity contribution in [2.45, 2.75) is 27.7 Å². The van der Waals surface area contributed by atoms with E-state index in [0.717, 1.165) is 16.8 Å². The first-order valence-electron chi connectivity index (χ1n) is 10.7. The third-order valence-corrected chi connectivity index (χ3v) is 5.46. The number of hydrogen-bond acceptors (Lipinski definition) is 8.